The Hall–Kier alpha value is -1.93. The lowest BCUT2D eigenvalue weighted by atomic mass is 10.1. The number of amides is 1. The van der Waals surface area contributed by atoms with Gasteiger partial charge in [0.2, 0.25) is 11.0 Å². The molecule has 1 amide bonds. The van der Waals surface area contributed by atoms with Crippen LogP contribution in [0.4, 0.5) is 15.8 Å². The van der Waals surface area contributed by atoms with Gasteiger partial charge in [-0.2, -0.15) is 5.26 Å². The van der Waals surface area contributed by atoms with Crippen LogP contribution in [0.25, 0.3) is 0 Å². The first-order chi connectivity index (χ1) is 13.6. The summed E-state index contributed by atoms with van der Waals surface area (Å²) in [5.41, 5.74) is 2.66. The third-order valence-corrected chi connectivity index (χ3v) is 7.77. The van der Waals surface area contributed by atoms with E-state index in [0.29, 0.717) is 20.0 Å². The van der Waals surface area contributed by atoms with Crippen molar-refractivity contribution in [1.82, 2.24) is 10.2 Å². The number of rotatable bonds is 6. The molecule has 0 atom stereocenters. The van der Waals surface area contributed by atoms with Crippen molar-refractivity contribution in [2.24, 2.45) is 0 Å². The molecule has 10 heteroatoms. The zero-order valence-electron chi connectivity index (χ0n) is 14.5. The Morgan fingerprint density at radius 1 is 1.32 bits per heavy atom. The minimum atomic E-state index is -0.141. The van der Waals surface area contributed by atoms with Gasteiger partial charge in [0.1, 0.15) is 11.1 Å². The van der Waals surface area contributed by atoms with E-state index in [4.69, 9.17) is 0 Å². The summed E-state index contributed by atoms with van der Waals surface area (Å²) in [5.74, 6) is 0.0806. The van der Waals surface area contributed by atoms with E-state index in [1.165, 1.54) is 39.3 Å². The summed E-state index contributed by atoms with van der Waals surface area (Å²) < 4.78 is 1.69. The number of nitrogens with one attached hydrogen (secondary N) is 2. The molecule has 0 fully saturated rings. The predicted octanol–water partition coefficient (Wildman–Crippen LogP) is 5.20. The second-order valence-electron chi connectivity index (χ2n) is 6.02. The summed E-state index contributed by atoms with van der Waals surface area (Å²) in [7, 11) is 0. The maximum atomic E-state index is 12.3. The molecule has 6 nitrogen and oxygen atoms in total. The molecule has 0 bridgehead atoms. The van der Waals surface area contributed by atoms with Crippen LogP contribution in [-0.4, -0.2) is 21.9 Å². The highest BCUT2D eigenvalue weighted by atomic mass is 79.9. The van der Waals surface area contributed by atoms with Crippen molar-refractivity contribution in [2.75, 3.05) is 16.4 Å². The van der Waals surface area contributed by atoms with Crippen molar-refractivity contribution in [3.8, 4) is 6.07 Å². The summed E-state index contributed by atoms with van der Waals surface area (Å²) >= 11 is 7.68. The maximum absolute atomic E-state index is 12.3. The Kier molecular flexibility index (Phi) is 5.96. The van der Waals surface area contributed by atoms with Gasteiger partial charge in [0.15, 0.2) is 4.34 Å². The van der Waals surface area contributed by atoms with Crippen molar-refractivity contribution in [1.29, 1.82) is 5.26 Å². The van der Waals surface area contributed by atoms with E-state index in [0.717, 1.165) is 35.0 Å². The Balaban J connectivity index is 1.33. The van der Waals surface area contributed by atoms with Crippen LogP contribution in [0.3, 0.4) is 0 Å². The molecule has 0 saturated heterocycles. The number of aryl methyl sites for hydroxylation is 1. The fraction of sp³-hybridized carbons (Fsp3) is 0.222. The van der Waals surface area contributed by atoms with Crippen molar-refractivity contribution in [2.45, 2.75) is 23.6 Å². The predicted molar refractivity (Wildman–Crippen MR) is 118 cm³/mol. The average Bonchev–Trinajstić information content (AvgIpc) is 3.36. The van der Waals surface area contributed by atoms with Gasteiger partial charge < -0.3 is 10.6 Å². The van der Waals surface area contributed by atoms with Gasteiger partial charge >= 0.3 is 0 Å². The second kappa shape index (κ2) is 8.61. The van der Waals surface area contributed by atoms with Crippen LogP contribution in [-0.2, 0) is 17.6 Å². The van der Waals surface area contributed by atoms with Crippen molar-refractivity contribution in [3.63, 3.8) is 0 Å². The topological polar surface area (TPSA) is 90.7 Å². The van der Waals surface area contributed by atoms with E-state index in [-0.39, 0.29) is 11.7 Å². The average molecular weight is 492 g/mol. The number of benzene rings is 1. The van der Waals surface area contributed by atoms with Crippen LogP contribution in [0, 0.1) is 11.3 Å². The lowest BCUT2D eigenvalue weighted by molar-refractivity contribution is -0.113. The van der Waals surface area contributed by atoms with Gasteiger partial charge in [-0.15, -0.1) is 21.5 Å². The van der Waals surface area contributed by atoms with Crippen LogP contribution in [0.2, 0.25) is 0 Å². The molecule has 1 aromatic carbocycles. The molecule has 0 saturated carbocycles. The number of hydrogen-bond acceptors (Lipinski definition) is 8. The SMILES string of the molecule is N#Cc1c(NC(=O)CSc2nnc(Nc3cccc(Br)c3)s2)sc2c1CCC2. The second-order valence-corrected chi connectivity index (χ2v) is 10.2. The van der Waals surface area contributed by atoms with E-state index in [1.54, 1.807) is 0 Å². The molecule has 142 valence electrons. The van der Waals surface area contributed by atoms with Crippen molar-refractivity contribution < 1.29 is 4.79 Å². The van der Waals surface area contributed by atoms with Gasteiger partial charge in [0.05, 0.1) is 11.3 Å². The Morgan fingerprint density at radius 3 is 3.04 bits per heavy atom. The highest BCUT2D eigenvalue weighted by molar-refractivity contribution is 9.10. The van der Waals surface area contributed by atoms with E-state index < -0.39 is 0 Å². The largest absolute Gasteiger partial charge is 0.330 e. The van der Waals surface area contributed by atoms with Gasteiger partial charge in [-0.3, -0.25) is 4.79 Å². The summed E-state index contributed by atoms with van der Waals surface area (Å²) in [6.07, 6.45) is 3.02. The lowest BCUT2D eigenvalue weighted by Crippen LogP contribution is -2.13. The standard InChI is InChI=1S/C18H14BrN5OS3/c19-10-3-1-4-11(7-10)21-17-23-24-18(28-17)26-9-15(25)22-16-13(8-20)12-5-2-6-14(12)27-16/h1,3-4,7H,2,5-6,9H2,(H,21,23)(H,22,25). The van der Waals surface area contributed by atoms with E-state index in [1.807, 2.05) is 24.3 Å². The molecule has 3 aromatic rings. The fourth-order valence-corrected chi connectivity index (χ4v) is 6.14. The molecule has 1 aliphatic carbocycles. The molecular formula is C18H14BrN5OS3. The van der Waals surface area contributed by atoms with Gasteiger partial charge in [-0.1, -0.05) is 45.1 Å². The number of carbonyl (C=O) groups is 1. The fourth-order valence-electron chi connectivity index (χ4n) is 2.91. The number of fused-ring (bicyclic) bond motifs is 1. The Bertz CT molecular complexity index is 1070. The summed E-state index contributed by atoms with van der Waals surface area (Å²) in [6.45, 7) is 0. The molecule has 2 heterocycles. The minimum absolute atomic E-state index is 0.141. The van der Waals surface area contributed by atoms with Crippen LogP contribution in [0.15, 0.2) is 33.1 Å². The molecule has 2 N–H and O–H groups in total. The molecule has 4 rings (SSSR count). The normalized spacial score (nSPS) is 12.4. The molecule has 0 unspecified atom stereocenters. The molecule has 28 heavy (non-hydrogen) atoms. The van der Waals surface area contributed by atoms with Gasteiger partial charge in [0, 0.05) is 15.0 Å². The highest BCUT2D eigenvalue weighted by Crippen LogP contribution is 2.38. The molecule has 0 radical (unpaired) electrons. The van der Waals surface area contributed by atoms with E-state index in [2.05, 4.69) is 42.8 Å². The van der Waals surface area contributed by atoms with Crippen molar-refractivity contribution >= 4 is 72.1 Å². The van der Waals surface area contributed by atoms with Crippen LogP contribution >= 0.6 is 50.4 Å². The zero-order valence-corrected chi connectivity index (χ0v) is 18.5. The van der Waals surface area contributed by atoms with E-state index >= 15 is 0 Å². The zero-order chi connectivity index (χ0) is 19.5. The Morgan fingerprint density at radius 2 is 2.21 bits per heavy atom. The first-order valence-corrected chi connectivity index (χ1v) is 11.9. The first kappa shape index (κ1) is 19.4. The smallest absolute Gasteiger partial charge is 0.235 e. The van der Waals surface area contributed by atoms with Crippen molar-refractivity contribution in [3.05, 3.63) is 44.7 Å². The van der Waals surface area contributed by atoms with Crippen LogP contribution < -0.4 is 10.6 Å². The number of aromatic nitrogens is 2. The third kappa shape index (κ3) is 4.38. The maximum Gasteiger partial charge on any atom is 0.235 e. The Labute approximate surface area is 182 Å². The van der Waals surface area contributed by atoms with Crippen LogP contribution in [0.5, 0.6) is 0 Å². The lowest BCUT2D eigenvalue weighted by Gasteiger charge is -2.03. The monoisotopic (exact) mass is 491 g/mol. The molecular weight excluding hydrogens is 478 g/mol. The number of nitriles is 1. The number of thiophene rings is 1. The number of halogens is 1. The molecule has 1 aliphatic rings. The van der Waals surface area contributed by atoms with E-state index in [9.17, 15) is 10.1 Å². The number of carbonyl (C=O) groups excluding carboxylic acids is 1. The van der Waals surface area contributed by atoms with Gasteiger partial charge in [-0.05, 0) is 43.0 Å². The third-order valence-electron chi connectivity index (χ3n) is 4.10. The number of thioether (sulfide) groups is 1. The molecule has 0 spiro atoms. The highest BCUT2D eigenvalue weighted by Gasteiger charge is 2.23. The first-order valence-electron chi connectivity index (χ1n) is 8.46. The summed E-state index contributed by atoms with van der Waals surface area (Å²) in [4.78, 5) is 13.5. The number of anilines is 3. The van der Waals surface area contributed by atoms with Gasteiger partial charge in [0.25, 0.3) is 0 Å². The minimum Gasteiger partial charge on any atom is -0.330 e. The van der Waals surface area contributed by atoms with Crippen LogP contribution in [0.1, 0.15) is 22.4 Å². The summed E-state index contributed by atoms with van der Waals surface area (Å²) in [6, 6.07) is 10.0. The quantitative estimate of drug-likeness (QED) is 0.460. The molecule has 0 aliphatic heterocycles. The number of nitrogens with zero attached hydrogens (tertiary/aromatic N) is 3. The van der Waals surface area contributed by atoms with Gasteiger partial charge in [-0.25, -0.2) is 0 Å². The molecule has 2 aromatic heterocycles. The summed E-state index contributed by atoms with van der Waals surface area (Å²) in [5, 5.41) is 25.1. The number of hydrogen-bond donors (Lipinski definition) is 2.